The molecule has 12 unspecified atom stereocenters. The van der Waals surface area contributed by atoms with Crippen LogP contribution >= 0.6 is 0 Å². The molecule has 14 nitrogen and oxygen atoms in total. The van der Waals surface area contributed by atoms with Gasteiger partial charge >= 0.3 is 0 Å². The number of carbonyl (C=O) groups is 1. The SMILES string of the molecule is CCCCCCCCCCCCCCCCCCCCCCCCCCCCCCC/C=C/C(O)C(COC1OC(CO)C(OC2OC(CO)C(O)C(O)C2O)C(O)C1O)NC(=O)CCCC. The largest absolute Gasteiger partial charge is 0.394 e. The number of amides is 1. The Balaban J connectivity index is 1.53. The zero-order chi connectivity index (χ0) is 48.9. The number of carbonyl (C=O) groups excluding carboxylic acids is 1. The fourth-order valence-corrected chi connectivity index (χ4v) is 9.21. The van der Waals surface area contributed by atoms with E-state index in [2.05, 4.69) is 12.2 Å². The molecule has 2 aliphatic rings. The fourth-order valence-electron chi connectivity index (χ4n) is 9.21. The summed E-state index contributed by atoms with van der Waals surface area (Å²) >= 11 is 0. The first-order chi connectivity index (χ1) is 32.6. The van der Waals surface area contributed by atoms with Crippen molar-refractivity contribution in [3.63, 3.8) is 0 Å². The highest BCUT2D eigenvalue weighted by molar-refractivity contribution is 5.76. The van der Waals surface area contributed by atoms with Crippen LogP contribution in [0.1, 0.15) is 226 Å². The molecule has 2 heterocycles. The van der Waals surface area contributed by atoms with Crippen molar-refractivity contribution in [2.24, 2.45) is 0 Å². The van der Waals surface area contributed by atoms with Gasteiger partial charge in [0.15, 0.2) is 12.6 Å². The molecule has 12 atom stereocenters. The molecule has 0 bridgehead atoms. The lowest BCUT2D eigenvalue weighted by Gasteiger charge is -2.46. The highest BCUT2D eigenvalue weighted by atomic mass is 16.7. The monoisotopic (exact) mass is 960 g/mol. The van der Waals surface area contributed by atoms with Crippen LogP contribution in [0, 0.1) is 0 Å². The Morgan fingerprint density at radius 1 is 0.522 bits per heavy atom. The number of aliphatic hydroxyl groups excluding tert-OH is 8. The van der Waals surface area contributed by atoms with Gasteiger partial charge in [0, 0.05) is 6.42 Å². The summed E-state index contributed by atoms with van der Waals surface area (Å²) in [5, 5.41) is 86.0. The highest BCUT2D eigenvalue weighted by Crippen LogP contribution is 2.30. The van der Waals surface area contributed by atoms with E-state index in [0.29, 0.717) is 6.42 Å². The molecule has 0 aromatic heterocycles. The zero-order valence-corrected chi connectivity index (χ0v) is 42.2. The molecule has 0 aromatic carbocycles. The maximum Gasteiger partial charge on any atom is 0.220 e. The third kappa shape index (κ3) is 27.2. The normalized spacial score (nSPS) is 26.6. The highest BCUT2D eigenvalue weighted by Gasteiger charge is 2.51. The third-order valence-corrected chi connectivity index (χ3v) is 13.7. The minimum absolute atomic E-state index is 0.258. The predicted octanol–water partition coefficient (Wildman–Crippen LogP) is 7.94. The summed E-state index contributed by atoms with van der Waals surface area (Å²) in [6.45, 7) is 2.54. The first-order valence-corrected chi connectivity index (χ1v) is 27.4. The van der Waals surface area contributed by atoms with E-state index in [1.807, 2.05) is 13.0 Å². The first-order valence-electron chi connectivity index (χ1n) is 27.4. The number of rotatable bonds is 43. The number of allylic oxidation sites excluding steroid dienone is 1. The maximum absolute atomic E-state index is 12.7. The van der Waals surface area contributed by atoms with E-state index >= 15 is 0 Å². The van der Waals surface area contributed by atoms with E-state index in [1.165, 1.54) is 173 Å². The summed E-state index contributed by atoms with van der Waals surface area (Å²) in [4.78, 5) is 12.7. The smallest absolute Gasteiger partial charge is 0.220 e. The van der Waals surface area contributed by atoms with Crippen LogP contribution in [0.4, 0.5) is 0 Å². The molecule has 14 heteroatoms. The van der Waals surface area contributed by atoms with E-state index in [1.54, 1.807) is 6.08 Å². The Kier molecular flexibility index (Phi) is 37.2. The molecular formula is C53H101NO13. The zero-order valence-electron chi connectivity index (χ0n) is 42.2. The van der Waals surface area contributed by atoms with Crippen LogP contribution in [-0.2, 0) is 23.7 Å². The number of hydrogen-bond donors (Lipinski definition) is 9. The van der Waals surface area contributed by atoms with Crippen molar-refractivity contribution in [3.05, 3.63) is 12.2 Å². The van der Waals surface area contributed by atoms with Gasteiger partial charge in [-0.05, 0) is 19.3 Å². The second kappa shape index (κ2) is 40.3. The van der Waals surface area contributed by atoms with E-state index in [-0.39, 0.29) is 18.9 Å². The van der Waals surface area contributed by atoms with Crippen LogP contribution in [0.2, 0.25) is 0 Å². The average molecular weight is 960 g/mol. The lowest BCUT2D eigenvalue weighted by atomic mass is 9.97. The molecule has 0 aliphatic carbocycles. The van der Waals surface area contributed by atoms with Crippen molar-refractivity contribution in [2.75, 3.05) is 19.8 Å². The molecule has 2 rings (SSSR count). The van der Waals surface area contributed by atoms with Crippen LogP contribution < -0.4 is 5.32 Å². The quantitative estimate of drug-likeness (QED) is 0.0209. The molecule has 2 saturated heterocycles. The number of ether oxygens (including phenoxy) is 4. The van der Waals surface area contributed by atoms with Crippen molar-refractivity contribution in [1.82, 2.24) is 5.32 Å². The topological polar surface area (TPSA) is 228 Å². The second-order valence-electron chi connectivity index (χ2n) is 19.7. The van der Waals surface area contributed by atoms with Crippen molar-refractivity contribution in [2.45, 2.75) is 299 Å². The number of unbranched alkanes of at least 4 members (excludes halogenated alkanes) is 30. The maximum atomic E-state index is 12.7. The number of nitrogens with one attached hydrogen (secondary N) is 1. The van der Waals surface area contributed by atoms with Crippen LogP contribution in [0.5, 0.6) is 0 Å². The van der Waals surface area contributed by atoms with Crippen molar-refractivity contribution >= 4 is 5.91 Å². The molecule has 396 valence electrons. The average Bonchev–Trinajstić information content (AvgIpc) is 3.33. The lowest BCUT2D eigenvalue weighted by Crippen LogP contribution is -2.65. The predicted molar refractivity (Wildman–Crippen MR) is 263 cm³/mol. The summed E-state index contributed by atoms with van der Waals surface area (Å²) < 4.78 is 22.5. The van der Waals surface area contributed by atoms with Crippen LogP contribution in [0.15, 0.2) is 12.2 Å². The van der Waals surface area contributed by atoms with Gasteiger partial charge in [0.1, 0.15) is 48.8 Å². The summed E-state index contributed by atoms with van der Waals surface area (Å²) in [6.07, 6.45) is 28.7. The van der Waals surface area contributed by atoms with Gasteiger partial charge in [-0.1, -0.05) is 212 Å². The number of aliphatic hydroxyl groups is 8. The Morgan fingerprint density at radius 3 is 1.36 bits per heavy atom. The molecule has 1 amide bonds. The van der Waals surface area contributed by atoms with Gasteiger partial charge in [-0.15, -0.1) is 0 Å². The minimum Gasteiger partial charge on any atom is -0.394 e. The van der Waals surface area contributed by atoms with Crippen molar-refractivity contribution in [3.8, 4) is 0 Å². The van der Waals surface area contributed by atoms with Crippen molar-refractivity contribution < 1.29 is 64.6 Å². The molecule has 0 spiro atoms. The van der Waals surface area contributed by atoms with Gasteiger partial charge in [-0.25, -0.2) is 0 Å². The van der Waals surface area contributed by atoms with Gasteiger partial charge in [0.25, 0.3) is 0 Å². The third-order valence-electron chi connectivity index (χ3n) is 13.7. The first kappa shape index (κ1) is 61.8. The second-order valence-corrected chi connectivity index (χ2v) is 19.7. The molecule has 2 fully saturated rings. The standard InChI is InChI=1S/C53H101NO13/c1-3-5-7-8-9-10-11-12-13-14-15-16-17-18-19-20-21-22-23-24-25-26-27-28-29-30-31-32-33-34-35-36-42(57)41(54-45(58)37-6-4-2)40-64-52-50(63)48(61)51(44(39-56)66-52)67-53-49(62)47(60)46(59)43(38-55)65-53/h35-36,41-44,46-53,55-57,59-63H,3-34,37-40H2,1-2H3,(H,54,58)/b36-35+. The molecule has 67 heavy (non-hydrogen) atoms. The molecule has 2 aliphatic heterocycles. The Bertz CT molecular complexity index is 1180. The van der Waals surface area contributed by atoms with Crippen LogP contribution in [0.3, 0.4) is 0 Å². The van der Waals surface area contributed by atoms with E-state index in [9.17, 15) is 45.6 Å². The van der Waals surface area contributed by atoms with Gasteiger partial charge < -0.3 is 65.1 Å². The van der Waals surface area contributed by atoms with Gasteiger partial charge in [-0.2, -0.15) is 0 Å². The molecule has 0 saturated carbocycles. The van der Waals surface area contributed by atoms with E-state index in [4.69, 9.17) is 18.9 Å². The molecular weight excluding hydrogens is 859 g/mol. The Labute approximate surface area is 406 Å². The van der Waals surface area contributed by atoms with E-state index in [0.717, 1.165) is 25.7 Å². The summed E-state index contributed by atoms with van der Waals surface area (Å²) in [5.41, 5.74) is 0. The van der Waals surface area contributed by atoms with Crippen LogP contribution in [0.25, 0.3) is 0 Å². The van der Waals surface area contributed by atoms with Gasteiger partial charge in [-0.3, -0.25) is 4.79 Å². The lowest BCUT2D eigenvalue weighted by molar-refractivity contribution is -0.359. The fraction of sp³-hybridized carbons (Fsp3) is 0.943. The summed E-state index contributed by atoms with van der Waals surface area (Å²) in [6, 6.07) is -0.905. The van der Waals surface area contributed by atoms with E-state index < -0.39 is 86.8 Å². The molecule has 0 aromatic rings. The summed E-state index contributed by atoms with van der Waals surface area (Å²) in [5.74, 6) is -0.273. The molecule has 9 N–H and O–H groups in total. The van der Waals surface area contributed by atoms with Crippen LogP contribution in [-0.4, -0.2) is 140 Å². The minimum atomic E-state index is -1.78. The summed E-state index contributed by atoms with van der Waals surface area (Å²) in [7, 11) is 0. The Hall–Kier alpha value is -1.27. The van der Waals surface area contributed by atoms with Gasteiger partial charge in [0.2, 0.25) is 5.91 Å². The van der Waals surface area contributed by atoms with Gasteiger partial charge in [0.05, 0.1) is 32.0 Å². The Morgan fingerprint density at radius 2 is 0.925 bits per heavy atom. The van der Waals surface area contributed by atoms with Crippen molar-refractivity contribution in [1.29, 1.82) is 0 Å². The molecule has 0 radical (unpaired) electrons. The number of hydrogen-bond acceptors (Lipinski definition) is 13.